The standard InChI is InChI=1S/C27H23NO3/c1-30-25-15-20(12-14-24(25)31-17-18-7-3-2-4-8-18)22-16-26(29)28-23-13-11-19-9-5-6-10-21(19)27(22)23/h2-15,22H,16-17H2,1H3,(H,28,29). The lowest BCUT2D eigenvalue weighted by atomic mass is 9.82. The highest BCUT2D eigenvalue weighted by Gasteiger charge is 2.29. The summed E-state index contributed by atoms with van der Waals surface area (Å²) in [5, 5.41) is 5.36. The van der Waals surface area contributed by atoms with Crippen molar-refractivity contribution in [1.82, 2.24) is 0 Å². The normalized spacial score (nSPS) is 15.3. The Hall–Kier alpha value is -3.79. The molecule has 1 atom stereocenters. The summed E-state index contributed by atoms with van der Waals surface area (Å²) in [7, 11) is 1.64. The number of anilines is 1. The van der Waals surface area contributed by atoms with Crippen LogP contribution in [-0.2, 0) is 11.4 Å². The van der Waals surface area contributed by atoms with E-state index in [0.717, 1.165) is 33.2 Å². The molecule has 1 amide bonds. The molecule has 0 radical (unpaired) electrons. The van der Waals surface area contributed by atoms with Crippen LogP contribution < -0.4 is 14.8 Å². The van der Waals surface area contributed by atoms with E-state index < -0.39 is 0 Å². The Labute approximate surface area is 181 Å². The highest BCUT2D eigenvalue weighted by molar-refractivity contribution is 6.01. The van der Waals surface area contributed by atoms with E-state index in [9.17, 15) is 4.79 Å². The molecule has 1 aliphatic heterocycles. The number of hydrogen-bond donors (Lipinski definition) is 1. The molecule has 0 aliphatic carbocycles. The molecule has 0 bridgehead atoms. The van der Waals surface area contributed by atoms with Crippen LogP contribution in [0.3, 0.4) is 0 Å². The van der Waals surface area contributed by atoms with Crippen molar-refractivity contribution in [2.75, 3.05) is 12.4 Å². The molecule has 0 saturated carbocycles. The fourth-order valence-electron chi connectivity index (χ4n) is 4.31. The van der Waals surface area contributed by atoms with E-state index in [2.05, 4.69) is 23.5 Å². The summed E-state index contributed by atoms with van der Waals surface area (Å²) in [6.07, 6.45) is 0.397. The Morgan fingerprint density at radius 3 is 2.55 bits per heavy atom. The average Bonchev–Trinajstić information content (AvgIpc) is 2.82. The molecule has 0 spiro atoms. The van der Waals surface area contributed by atoms with E-state index in [-0.39, 0.29) is 11.8 Å². The Morgan fingerprint density at radius 2 is 1.71 bits per heavy atom. The first kappa shape index (κ1) is 19.2. The molecule has 1 aliphatic rings. The minimum absolute atomic E-state index is 0.0242. The second kappa shape index (κ2) is 8.15. The van der Waals surface area contributed by atoms with E-state index in [1.54, 1.807) is 7.11 Å². The van der Waals surface area contributed by atoms with Crippen LogP contribution in [0.2, 0.25) is 0 Å². The maximum absolute atomic E-state index is 12.5. The minimum Gasteiger partial charge on any atom is -0.493 e. The second-order valence-electron chi connectivity index (χ2n) is 7.74. The molecule has 0 saturated heterocycles. The maximum atomic E-state index is 12.5. The Kier molecular flexibility index (Phi) is 5.04. The van der Waals surface area contributed by atoms with Gasteiger partial charge in [-0.3, -0.25) is 4.79 Å². The summed E-state index contributed by atoms with van der Waals surface area (Å²) in [4.78, 5) is 12.5. The van der Waals surface area contributed by atoms with Gasteiger partial charge in [0, 0.05) is 18.0 Å². The van der Waals surface area contributed by atoms with Crippen LogP contribution in [0.25, 0.3) is 10.8 Å². The molecule has 5 rings (SSSR count). The number of methoxy groups -OCH3 is 1. The summed E-state index contributed by atoms with van der Waals surface area (Å²) >= 11 is 0. The van der Waals surface area contributed by atoms with Crippen molar-refractivity contribution in [2.24, 2.45) is 0 Å². The number of benzene rings is 4. The van der Waals surface area contributed by atoms with Crippen LogP contribution in [0, 0.1) is 0 Å². The molecule has 4 aromatic rings. The van der Waals surface area contributed by atoms with Crippen LogP contribution >= 0.6 is 0 Å². The third-order valence-corrected chi connectivity index (χ3v) is 5.81. The molecular formula is C27H23NO3. The van der Waals surface area contributed by atoms with E-state index >= 15 is 0 Å². The van der Waals surface area contributed by atoms with Crippen LogP contribution in [0.4, 0.5) is 5.69 Å². The molecule has 31 heavy (non-hydrogen) atoms. The van der Waals surface area contributed by atoms with Gasteiger partial charge in [0.05, 0.1) is 7.11 Å². The first-order chi connectivity index (χ1) is 15.2. The topological polar surface area (TPSA) is 47.6 Å². The van der Waals surface area contributed by atoms with Crippen molar-refractivity contribution in [3.05, 3.63) is 102 Å². The number of hydrogen-bond acceptors (Lipinski definition) is 3. The number of carbonyl (C=O) groups excluding carboxylic acids is 1. The fraction of sp³-hybridized carbons (Fsp3) is 0.148. The number of ether oxygens (including phenoxy) is 2. The van der Waals surface area contributed by atoms with Gasteiger partial charge in [0.1, 0.15) is 6.61 Å². The van der Waals surface area contributed by atoms with Crippen molar-refractivity contribution in [2.45, 2.75) is 18.9 Å². The van der Waals surface area contributed by atoms with Gasteiger partial charge in [-0.05, 0) is 45.7 Å². The van der Waals surface area contributed by atoms with Gasteiger partial charge in [0.15, 0.2) is 11.5 Å². The maximum Gasteiger partial charge on any atom is 0.225 e. The van der Waals surface area contributed by atoms with Crippen molar-refractivity contribution in [1.29, 1.82) is 0 Å². The van der Waals surface area contributed by atoms with Crippen molar-refractivity contribution in [3.63, 3.8) is 0 Å². The number of carbonyl (C=O) groups is 1. The third-order valence-electron chi connectivity index (χ3n) is 5.81. The summed E-state index contributed by atoms with van der Waals surface area (Å²) < 4.78 is 11.7. The molecular weight excluding hydrogens is 386 g/mol. The fourth-order valence-corrected chi connectivity index (χ4v) is 4.31. The molecule has 4 heteroatoms. The van der Waals surface area contributed by atoms with Crippen LogP contribution in [0.5, 0.6) is 11.5 Å². The van der Waals surface area contributed by atoms with Crippen molar-refractivity contribution in [3.8, 4) is 11.5 Å². The molecule has 0 aromatic heterocycles. The molecule has 1 heterocycles. The summed E-state index contributed by atoms with van der Waals surface area (Å²) in [6, 6.07) is 28.4. The Morgan fingerprint density at radius 1 is 0.903 bits per heavy atom. The van der Waals surface area contributed by atoms with Crippen molar-refractivity contribution < 1.29 is 14.3 Å². The summed E-state index contributed by atoms with van der Waals surface area (Å²) in [6.45, 7) is 0.468. The van der Waals surface area contributed by atoms with Gasteiger partial charge in [-0.15, -0.1) is 0 Å². The van der Waals surface area contributed by atoms with Gasteiger partial charge in [0.25, 0.3) is 0 Å². The monoisotopic (exact) mass is 409 g/mol. The Bertz CT molecular complexity index is 1250. The lowest BCUT2D eigenvalue weighted by molar-refractivity contribution is -0.116. The van der Waals surface area contributed by atoms with Gasteiger partial charge in [-0.2, -0.15) is 0 Å². The van der Waals surface area contributed by atoms with Gasteiger partial charge in [-0.25, -0.2) is 0 Å². The lowest BCUT2D eigenvalue weighted by Crippen LogP contribution is -2.23. The van der Waals surface area contributed by atoms with Gasteiger partial charge >= 0.3 is 0 Å². The van der Waals surface area contributed by atoms with Crippen molar-refractivity contribution >= 4 is 22.4 Å². The van der Waals surface area contributed by atoms with Crippen LogP contribution in [0.15, 0.2) is 84.9 Å². The highest BCUT2D eigenvalue weighted by Crippen LogP contribution is 2.43. The number of nitrogens with one attached hydrogen (secondary N) is 1. The predicted octanol–water partition coefficient (Wildman–Crippen LogP) is 5.90. The molecule has 4 aromatic carbocycles. The molecule has 1 N–H and O–H groups in total. The molecule has 4 nitrogen and oxygen atoms in total. The zero-order valence-electron chi connectivity index (χ0n) is 17.3. The third kappa shape index (κ3) is 3.73. The minimum atomic E-state index is -0.0491. The van der Waals surface area contributed by atoms with Crippen LogP contribution in [0.1, 0.15) is 29.0 Å². The number of amides is 1. The van der Waals surface area contributed by atoms with Crippen LogP contribution in [-0.4, -0.2) is 13.0 Å². The second-order valence-corrected chi connectivity index (χ2v) is 7.74. The highest BCUT2D eigenvalue weighted by atomic mass is 16.5. The zero-order valence-corrected chi connectivity index (χ0v) is 17.3. The summed E-state index contributed by atoms with van der Waals surface area (Å²) in [5.74, 6) is 1.33. The lowest BCUT2D eigenvalue weighted by Gasteiger charge is -2.28. The van der Waals surface area contributed by atoms with E-state index in [0.29, 0.717) is 24.5 Å². The van der Waals surface area contributed by atoms with E-state index in [1.807, 2.05) is 66.7 Å². The largest absolute Gasteiger partial charge is 0.493 e. The van der Waals surface area contributed by atoms with Gasteiger partial charge in [0.2, 0.25) is 5.91 Å². The number of rotatable bonds is 5. The molecule has 1 unspecified atom stereocenters. The first-order valence-electron chi connectivity index (χ1n) is 10.4. The van der Waals surface area contributed by atoms with E-state index in [1.165, 1.54) is 0 Å². The van der Waals surface area contributed by atoms with E-state index in [4.69, 9.17) is 9.47 Å². The van der Waals surface area contributed by atoms with Gasteiger partial charge in [-0.1, -0.05) is 66.7 Å². The Balaban J connectivity index is 1.52. The predicted molar refractivity (Wildman–Crippen MR) is 123 cm³/mol. The molecule has 0 fully saturated rings. The van der Waals surface area contributed by atoms with Gasteiger partial charge < -0.3 is 14.8 Å². The SMILES string of the molecule is COc1cc(C2CC(=O)Nc3ccc4ccccc4c32)ccc1OCc1ccccc1. The summed E-state index contributed by atoms with van der Waals surface area (Å²) in [5.41, 5.74) is 4.16. The number of fused-ring (bicyclic) bond motifs is 3. The quantitative estimate of drug-likeness (QED) is 0.446. The zero-order chi connectivity index (χ0) is 21.2. The smallest absolute Gasteiger partial charge is 0.225 e. The first-order valence-corrected chi connectivity index (χ1v) is 10.4. The average molecular weight is 409 g/mol. The molecule has 154 valence electrons.